The van der Waals surface area contributed by atoms with Crippen LogP contribution in [0, 0.1) is 18.6 Å². The normalized spacial score (nSPS) is 10.8. The van der Waals surface area contributed by atoms with E-state index in [2.05, 4.69) is 20.3 Å². The first kappa shape index (κ1) is 28.0. The Morgan fingerprint density at radius 3 is 2.33 bits per heavy atom. The first-order valence-electron chi connectivity index (χ1n) is 12.5. The molecule has 0 bridgehead atoms. The number of ether oxygens (including phenoxy) is 4. The summed E-state index contributed by atoms with van der Waals surface area (Å²) in [4.78, 5) is 38.2. The third kappa shape index (κ3) is 5.29. The molecule has 0 unspecified atom stereocenters. The van der Waals surface area contributed by atoms with Crippen molar-refractivity contribution in [2.45, 2.75) is 6.92 Å². The minimum absolute atomic E-state index is 0.0515. The van der Waals surface area contributed by atoms with Crippen molar-refractivity contribution in [3.05, 3.63) is 93.9 Å². The van der Waals surface area contributed by atoms with Gasteiger partial charge >= 0.3 is 0 Å². The van der Waals surface area contributed by atoms with Crippen molar-refractivity contribution in [3.63, 3.8) is 0 Å². The Balaban J connectivity index is 1.43. The van der Waals surface area contributed by atoms with Crippen LogP contribution >= 0.6 is 0 Å². The molecule has 0 saturated carbocycles. The van der Waals surface area contributed by atoms with E-state index in [4.69, 9.17) is 18.9 Å². The van der Waals surface area contributed by atoms with Crippen molar-refractivity contribution in [2.24, 2.45) is 0 Å². The fraction of sp³-hybridized carbons (Fsp3) is 0.133. The van der Waals surface area contributed by atoms with Crippen molar-refractivity contribution in [1.29, 1.82) is 0 Å². The fourth-order valence-electron chi connectivity index (χ4n) is 4.36. The van der Waals surface area contributed by atoms with Crippen LogP contribution in [0.25, 0.3) is 22.2 Å². The molecule has 0 fully saturated rings. The molecule has 2 aromatic carbocycles. The van der Waals surface area contributed by atoms with E-state index in [0.29, 0.717) is 22.3 Å². The number of benzene rings is 2. The van der Waals surface area contributed by atoms with E-state index < -0.39 is 23.0 Å². The Kier molecular flexibility index (Phi) is 7.69. The molecule has 0 atom stereocenters. The van der Waals surface area contributed by atoms with Crippen molar-refractivity contribution < 1.29 is 32.5 Å². The monoisotopic (exact) mass is 574 g/mol. The van der Waals surface area contributed by atoms with Gasteiger partial charge in [-0.25, -0.2) is 13.8 Å². The summed E-state index contributed by atoms with van der Waals surface area (Å²) >= 11 is 0. The minimum atomic E-state index is -0.786. The van der Waals surface area contributed by atoms with Gasteiger partial charge in [-0.2, -0.15) is 0 Å². The lowest BCUT2D eigenvalue weighted by molar-refractivity contribution is 0.102. The molecule has 2 N–H and O–H groups in total. The van der Waals surface area contributed by atoms with Crippen molar-refractivity contribution in [3.8, 4) is 40.1 Å². The molecule has 0 saturated heterocycles. The summed E-state index contributed by atoms with van der Waals surface area (Å²) < 4.78 is 50.2. The van der Waals surface area contributed by atoms with Crippen LogP contribution in [0.15, 0.2) is 65.6 Å². The lowest BCUT2D eigenvalue weighted by atomic mass is 10.0. The van der Waals surface area contributed by atoms with Gasteiger partial charge in [0.15, 0.2) is 23.1 Å². The number of halogens is 2. The number of carbonyl (C=O) groups excluding carboxylic acids is 1. The molecule has 1 amide bonds. The topological polar surface area (TPSA) is 125 Å². The molecule has 12 heteroatoms. The van der Waals surface area contributed by atoms with E-state index >= 15 is 4.39 Å². The number of aryl methyl sites for hydroxylation is 1. The average Bonchev–Trinajstić information content (AvgIpc) is 2.98. The highest BCUT2D eigenvalue weighted by atomic mass is 19.1. The summed E-state index contributed by atoms with van der Waals surface area (Å²) in [7, 11) is 4.27. The number of fused-ring (bicyclic) bond motifs is 1. The number of carbonyl (C=O) groups is 1. The van der Waals surface area contributed by atoms with Gasteiger partial charge in [0.1, 0.15) is 16.9 Å². The van der Waals surface area contributed by atoms with E-state index in [0.717, 1.165) is 6.07 Å². The van der Waals surface area contributed by atoms with Crippen molar-refractivity contribution in [2.75, 3.05) is 26.6 Å². The summed E-state index contributed by atoms with van der Waals surface area (Å²) in [5.41, 5.74) is 0.608. The van der Waals surface area contributed by atoms with Crippen LogP contribution in [0.3, 0.4) is 0 Å². The Labute approximate surface area is 237 Å². The maximum atomic E-state index is 15.2. The van der Waals surface area contributed by atoms with Gasteiger partial charge in [0.2, 0.25) is 11.3 Å². The number of pyridine rings is 3. The average molecular weight is 575 g/mol. The number of H-pyrrole nitrogens is 1. The van der Waals surface area contributed by atoms with Gasteiger partial charge in [0, 0.05) is 35.8 Å². The third-order valence-corrected chi connectivity index (χ3v) is 6.35. The Hall–Kier alpha value is -5.52. The number of nitrogens with zero attached hydrogens (tertiary/aromatic N) is 2. The maximum Gasteiger partial charge on any atom is 0.261 e. The van der Waals surface area contributed by atoms with E-state index in [-0.39, 0.29) is 45.8 Å². The van der Waals surface area contributed by atoms with Crippen LogP contribution in [-0.4, -0.2) is 42.2 Å². The molecule has 0 spiro atoms. The second-order valence-electron chi connectivity index (χ2n) is 8.95. The zero-order valence-electron chi connectivity index (χ0n) is 22.9. The molecule has 3 aromatic heterocycles. The van der Waals surface area contributed by atoms with Crippen LogP contribution in [0.5, 0.6) is 29.0 Å². The smallest absolute Gasteiger partial charge is 0.261 e. The number of amides is 1. The van der Waals surface area contributed by atoms with Crippen LogP contribution in [0.4, 0.5) is 14.5 Å². The number of methoxy groups -OCH3 is 3. The lowest BCUT2D eigenvalue weighted by Gasteiger charge is -2.14. The summed E-state index contributed by atoms with van der Waals surface area (Å²) in [6.45, 7) is 1.53. The van der Waals surface area contributed by atoms with Gasteiger partial charge in [-0.3, -0.25) is 14.6 Å². The number of nitrogens with one attached hydrogen (secondary N) is 2. The molecule has 0 aliphatic rings. The standard InChI is InChI=1S/C30H24F2N4O6/c1-15-24(27(37)25(30(34-15)41-4)16-5-7-17(31)8-6-16)28(38)35-18-9-10-21(19(32)13-18)42-22-11-12-33-20-14-23(39-2)29(40-3)36-26(20)22/h5-14H,1-4H3,(H,34,37)(H,35,38). The summed E-state index contributed by atoms with van der Waals surface area (Å²) in [6.07, 6.45) is 1.48. The minimum Gasteiger partial charge on any atom is -0.491 e. The molecule has 3 heterocycles. The van der Waals surface area contributed by atoms with Gasteiger partial charge < -0.3 is 29.2 Å². The predicted molar refractivity (Wildman–Crippen MR) is 151 cm³/mol. The largest absolute Gasteiger partial charge is 0.491 e. The van der Waals surface area contributed by atoms with Crippen LogP contribution in [-0.2, 0) is 0 Å². The molecule has 10 nitrogen and oxygen atoms in total. The third-order valence-electron chi connectivity index (χ3n) is 6.35. The van der Waals surface area contributed by atoms with Crippen LogP contribution in [0.1, 0.15) is 16.1 Å². The highest BCUT2D eigenvalue weighted by Gasteiger charge is 2.23. The second kappa shape index (κ2) is 11.5. The predicted octanol–water partition coefficient (Wildman–Crippen LogP) is 5.64. The highest BCUT2D eigenvalue weighted by Crippen LogP contribution is 2.35. The molecule has 214 valence electrons. The number of anilines is 1. The van der Waals surface area contributed by atoms with Gasteiger partial charge in [-0.05, 0) is 36.8 Å². The zero-order chi connectivity index (χ0) is 30.0. The molecule has 42 heavy (non-hydrogen) atoms. The van der Waals surface area contributed by atoms with Crippen molar-refractivity contribution >= 4 is 22.6 Å². The Morgan fingerprint density at radius 1 is 0.905 bits per heavy atom. The summed E-state index contributed by atoms with van der Waals surface area (Å²) in [6, 6.07) is 12.1. The first-order valence-corrected chi connectivity index (χ1v) is 12.5. The van der Waals surface area contributed by atoms with Gasteiger partial charge in [0.25, 0.3) is 11.8 Å². The fourth-order valence-corrected chi connectivity index (χ4v) is 4.36. The number of aromatic amines is 1. The Bertz CT molecular complexity index is 1880. The molecular formula is C30H24F2N4O6. The van der Waals surface area contributed by atoms with E-state index in [1.807, 2.05) is 0 Å². The van der Waals surface area contributed by atoms with Gasteiger partial charge in [-0.15, -0.1) is 0 Å². The maximum absolute atomic E-state index is 15.2. The van der Waals surface area contributed by atoms with E-state index in [1.165, 1.54) is 76.9 Å². The highest BCUT2D eigenvalue weighted by molar-refractivity contribution is 6.05. The molecular weight excluding hydrogens is 550 g/mol. The summed E-state index contributed by atoms with van der Waals surface area (Å²) in [5.74, 6) is -1.29. The Morgan fingerprint density at radius 2 is 1.67 bits per heavy atom. The molecule has 0 aliphatic carbocycles. The number of rotatable bonds is 8. The van der Waals surface area contributed by atoms with Crippen LogP contribution < -0.4 is 29.7 Å². The molecule has 0 radical (unpaired) electrons. The number of aromatic nitrogens is 3. The number of hydrogen-bond acceptors (Lipinski definition) is 8. The SMILES string of the molecule is COc1cc2nccc(Oc3ccc(NC(=O)c4c(C)[nH]c(OC)c(-c5ccc(F)cc5)c4=O)cc3F)c2nc1OC. The summed E-state index contributed by atoms with van der Waals surface area (Å²) in [5, 5.41) is 2.55. The van der Waals surface area contributed by atoms with E-state index in [1.54, 1.807) is 6.07 Å². The number of hydrogen-bond donors (Lipinski definition) is 2. The lowest BCUT2D eigenvalue weighted by Crippen LogP contribution is -2.25. The van der Waals surface area contributed by atoms with Crippen LogP contribution in [0.2, 0.25) is 0 Å². The molecule has 5 aromatic rings. The zero-order valence-corrected chi connectivity index (χ0v) is 22.9. The molecule has 0 aliphatic heterocycles. The van der Waals surface area contributed by atoms with Gasteiger partial charge in [-0.1, -0.05) is 12.1 Å². The van der Waals surface area contributed by atoms with E-state index in [9.17, 15) is 14.0 Å². The quantitative estimate of drug-likeness (QED) is 0.244. The van der Waals surface area contributed by atoms with Gasteiger partial charge in [0.05, 0.1) is 32.4 Å². The molecule has 5 rings (SSSR count). The second-order valence-corrected chi connectivity index (χ2v) is 8.95. The van der Waals surface area contributed by atoms with Crippen molar-refractivity contribution in [1.82, 2.24) is 15.0 Å². The first-order chi connectivity index (χ1) is 20.2.